The number of benzene rings is 1. The highest BCUT2D eigenvalue weighted by Crippen LogP contribution is 2.15. The molecule has 2 aromatic heterocycles. The first-order chi connectivity index (χ1) is 13.3. The second-order valence-electron chi connectivity index (χ2n) is 6.25. The predicted molar refractivity (Wildman–Crippen MR) is 103 cm³/mol. The number of hydrogen-bond acceptors (Lipinski definition) is 6. The Morgan fingerprint density at radius 3 is 2.74 bits per heavy atom. The fourth-order valence-corrected chi connectivity index (χ4v) is 2.88. The number of rotatable bonds is 4. The molecule has 0 bridgehead atoms. The van der Waals surface area contributed by atoms with Gasteiger partial charge in [-0.3, -0.25) is 4.90 Å². The Balaban J connectivity index is 1.47. The minimum atomic E-state index is 0.589. The summed E-state index contributed by atoms with van der Waals surface area (Å²) in [6, 6.07) is 9.26. The summed E-state index contributed by atoms with van der Waals surface area (Å²) in [6.45, 7) is 4.91. The van der Waals surface area contributed by atoms with E-state index in [1.54, 1.807) is 16.9 Å². The lowest BCUT2D eigenvalue weighted by Crippen LogP contribution is -2.38. The van der Waals surface area contributed by atoms with Crippen molar-refractivity contribution >= 4 is 11.3 Å². The Bertz CT molecular complexity index is 965. The Morgan fingerprint density at radius 1 is 1.11 bits per heavy atom. The molecule has 1 aliphatic rings. The van der Waals surface area contributed by atoms with E-state index in [-0.39, 0.29) is 0 Å². The Morgan fingerprint density at radius 2 is 1.93 bits per heavy atom. The molecule has 7 heteroatoms. The van der Waals surface area contributed by atoms with Gasteiger partial charge in [0, 0.05) is 43.1 Å². The number of nitrogens with zero attached hydrogens (tertiary/aromatic N) is 4. The summed E-state index contributed by atoms with van der Waals surface area (Å²) in [6.07, 6.45) is 3.43. The summed E-state index contributed by atoms with van der Waals surface area (Å²) in [5.74, 6) is 6.90. The van der Waals surface area contributed by atoms with Crippen molar-refractivity contribution in [3.8, 4) is 17.7 Å². The van der Waals surface area contributed by atoms with Crippen LogP contribution < -0.4 is 10.5 Å². The molecule has 3 aromatic rings. The van der Waals surface area contributed by atoms with Crippen LogP contribution in [0.4, 0.5) is 5.69 Å². The zero-order valence-electron chi connectivity index (χ0n) is 15.0. The summed E-state index contributed by atoms with van der Waals surface area (Å²) < 4.78 is 13.0. The summed E-state index contributed by atoms with van der Waals surface area (Å²) in [5, 5.41) is 4.38. The smallest absolute Gasteiger partial charge is 0.218 e. The van der Waals surface area contributed by atoms with Crippen LogP contribution >= 0.6 is 0 Å². The lowest BCUT2D eigenvalue weighted by Gasteiger charge is -2.26. The third-order valence-corrected chi connectivity index (χ3v) is 4.38. The van der Waals surface area contributed by atoms with Crippen molar-refractivity contribution in [1.29, 1.82) is 0 Å². The number of fused-ring (bicyclic) bond motifs is 1. The lowest BCUT2D eigenvalue weighted by molar-refractivity contribution is 0.0318. The Kier molecular flexibility index (Phi) is 5.19. The fourth-order valence-electron chi connectivity index (χ4n) is 2.88. The van der Waals surface area contributed by atoms with Gasteiger partial charge < -0.3 is 15.2 Å². The van der Waals surface area contributed by atoms with Crippen LogP contribution in [0.1, 0.15) is 11.1 Å². The highest BCUT2D eigenvalue weighted by molar-refractivity contribution is 5.58. The Labute approximate surface area is 157 Å². The zero-order valence-corrected chi connectivity index (χ0v) is 15.0. The van der Waals surface area contributed by atoms with E-state index in [0.717, 1.165) is 49.7 Å². The number of hydrogen-bond donors (Lipinski definition) is 1. The third kappa shape index (κ3) is 4.19. The van der Waals surface area contributed by atoms with Crippen molar-refractivity contribution in [2.75, 3.05) is 45.2 Å². The molecule has 27 heavy (non-hydrogen) atoms. The van der Waals surface area contributed by atoms with Gasteiger partial charge in [-0.1, -0.05) is 11.8 Å². The van der Waals surface area contributed by atoms with Crippen LogP contribution in [0.5, 0.6) is 5.88 Å². The summed E-state index contributed by atoms with van der Waals surface area (Å²) in [5.41, 5.74) is 8.75. The van der Waals surface area contributed by atoms with Gasteiger partial charge in [-0.25, -0.2) is 4.98 Å². The fraction of sp³-hybridized carbons (Fsp3) is 0.300. The molecule has 7 nitrogen and oxygen atoms in total. The number of aromatic nitrogens is 3. The normalized spacial score (nSPS) is 14.7. The topological polar surface area (TPSA) is 77.9 Å². The molecule has 0 spiro atoms. The molecule has 3 heterocycles. The maximum Gasteiger partial charge on any atom is 0.218 e. The first kappa shape index (κ1) is 17.3. The number of ether oxygens (including phenoxy) is 2. The molecule has 138 valence electrons. The number of morpholine rings is 1. The average molecular weight is 363 g/mol. The second-order valence-corrected chi connectivity index (χ2v) is 6.25. The largest absolute Gasteiger partial charge is 0.476 e. The molecule has 2 N–H and O–H groups in total. The second kappa shape index (κ2) is 8.08. The van der Waals surface area contributed by atoms with Crippen molar-refractivity contribution in [2.24, 2.45) is 0 Å². The van der Waals surface area contributed by atoms with E-state index >= 15 is 0 Å². The van der Waals surface area contributed by atoms with Crippen molar-refractivity contribution in [2.45, 2.75) is 0 Å². The predicted octanol–water partition coefficient (Wildman–Crippen LogP) is 1.42. The van der Waals surface area contributed by atoms with E-state index in [9.17, 15) is 0 Å². The highest BCUT2D eigenvalue weighted by Gasteiger charge is 2.11. The first-order valence-electron chi connectivity index (χ1n) is 8.93. The standard InChI is InChI=1S/C20H21N5O2/c21-18-5-2-16(3-6-18)1-4-17-15-23-25-19(7-8-22-20(17)25)27-14-11-24-9-12-26-13-10-24/h2-3,5-8,15H,9-14,21H2. The molecule has 0 saturated carbocycles. The quantitative estimate of drug-likeness (QED) is 0.558. The van der Waals surface area contributed by atoms with E-state index in [2.05, 4.69) is 26.8 Å². The Hall–Kier alpha value is -3.08. The van der Waals surface area contributed by atoms with Crippen LogP contribution in [-0.2, 0) is 4.74 Å². The maximum atomic E-state index is 5.93. The third-order valence-electron chi connectivity index (χ3n) is 4.38. The number of nitrogen functional groups attached to an aromatic ring is 1. The molecule has 1 saturated heterocycles. The average Bonchev–Trinajstić information content (AvgIpc) is 3.12. The van der Waals surface area contributed by atoms with Crippen molar-refractivity contribution < 1.29 is 9.47 Å². The SMILES string of the molecule is Nc1ccc(C#Cc2cnn3c(OCCN4CCOCC4)ccnc23)cc1. The summed E-state index contributed by atoms with van der Waals surface area (Å²) in [7, 11) is 0. The molecule has 4 rings (SSSR count). The summed E-state index contributed by atoms with van der Waals surface area (Å²) in [4.78, 5) is 6.73. The van der Waals surface area contributed by atoms with Gasteiger partial charge in [-0.05, 0) is 24.3 Å². The monoisotopic (exact) mass is 363 g/mol. The van der Waals surface area contributed by atoms with Crippen molar-refractivity contribution in [3.63, 3.8) is 0 Å². The molecule has 0 radical (unpaired) electrons. The molecule has 1 fully saturated rings. The maximum absolute atomic E-state index is 5.93. The van der Waals surface area contributed by atoms with E-state index in [4.69, 9.17) is 15.2 Å². The minimum absolute atomic E-state index is 0.589. The summed E-state index contributed by atoms with van der Waals surface area (Å²) >= 11 is 0. The van der Waals surface area contributed by atoms with Gasteiger partial charge in [-0.15, -0.1) is 0 Å². The van der Waals surface area contributed by atoms with Gasteiger partial charge >= 0.3 is 0 Å². The highest BCUT2D eigenvalue weighted by atomic mass is 16.5. The molecular formula is C20H21N5O2. The molecule has 0 unspecified atom stereocenters. The van der Waals surface area contributed by atoms with E-state index in [0.29, 0.717) is 18.1 Å². The van der Waals surface area contributed by atoms with Gasteiger partial charge in [0.15, 0.2) is 5.65 Å². The van der Waals surface area contributed by atoms with Gasteiger partial charge in [0.1, 0.15) is 6.61 Å². The molecule has 1 aromatic carbocycles. The van der Waals surface area contributed by atoms with Crippen molar-refractivity contribution in [3.05, 3.63) is 53.9 Å². The van der Waals surface area contributed by atoms with Gasteiger partial charge in [0.2, 0.25) is 5.88 Å². The van der Waals surface area contributed by atoms with Crippen LogP contribution in [0.25, 0.3) is 5.65 Å². The van der Waals surface area contributed by atoms with Gasteiger partial charge in [0.25, 0.3) is 0 Å². The van der Waals surface area contributed by atoms with Crippen LogP contribution in [-0.4, -0.2) is 59.0 Å². The van der Waals surface area contributed by atoms with Gasteiger partial charge in [0.05, 0.1) is 25.0 Å². The molecule has 0 amide bonds. The first-order valence-corrected chi connectivity index (χ1v) is 8.93. The van der Waals surface area contributed by atoms with E-state index in [1.165, 1.54) is 0 Å². The van der Waals surface area contributed by atoms with Crippen LogP contribution in [0, 0.1) is 11.8 Å². The molecular weight excluding hydrogens is 342 g/mol. The van der Waals surface area contributed by atoms with Gasteiger partial charge in [-0.2, -0.15) is 9.61 Å². The van der Waals surface area contributed by atoms with E-state index < -0.39 is 0 Å². The van der Waals surface area contributed by atoms with Crippen LogP contribution in [0.15, 0.2) is 42.7 Å². The molecule has 1 aliphatic heterocycles. The minimum Gasteiger partial charge on any atom is -0.476 e. The zero-order chi connectivity index (χ0) is 18.5. The molecule has 0 aliphatic carbocycles. The van der Waals surface area contributed by atoms with Crippen LogP contribution in [0.3, 0.4) is 0 Å². The van der Waals surface area contributed by atoms with E-state index in [1.807, 2.05) is 30.3 Å². The number of nitrogens with two attached hydrogens (primary N) is 1. The number of anilines is 1. The molecule has 0 atom stereocenters. The van der Waals surface area contributed by atoms with Crippen molar-refractivity contribution in [1.82, 2.24) is 19.5 Å². The lowest BCUT2D eigenvalue weighted by atomic mass is 10.2. The van der Waals surface area contributed by atoms with Crippen LogP contribution in [0.2, 0.25) is 0 Å².